The van der Waals surface area contributed by atoms with Crippen LogP contribution in [0.25, 0.3) is 0 Å². The van der Waals surface area contributed by atoms with Gasteiger partial charge in [-0.2, -0.15) is 0 Å². The molecule has 0 bridgehead atoms. The Morgan fingerprint density at radius 3 is 2.74 bits per heavy atom. The number of aryl methyl sites for hydroxylation is 1. The molecule has 5 nitrogen and oxygen atoms in total. The molecule has 1 aliphatic carbocycles. The fraction of sp³-hybridized carbons (Fsp3) is 0.667. The fourth-order valence-electron chi connectivity index (χ4n) is 3.38. The second-order valence-electron chi connectivity index (χ2n) is 6.78. The second-order valence-corrected chi connectivity index (χ2v) is 6.78. The van der Waals surface area contributed by atoms with E-state index in [0.29, 0.717) is 11.8 Å². The minimum Gasteiger partial charge on any atom is -0.496 e. The van der Waals surface area contributed by atoms with E-state index in [1.165, 1.54) is 0 Å². The van der Waals surface area contributed by atoms with Crippen molar-refractivity contribution < 1.29 is 9.53 Å². The Morgan fingerprint density at radius 2 is 2.04 bits per heavy atom. The van der Waals surface area contributed by atoms with Gasteiger partial charge in [0.1, 0.15) is 5.75 Å². The summed E-state index contributed by atoms with van der Waals surface area (Å²) in [6, 6.07) is 0. The van der Waals surface area contributed by atoms with Gasteiger partial charge < -0.3 is 9.64 Å². The van der Waals surface area contributed by atoms with Gasteiger partial charge in [-0.3, -0.25) is 14.7 Å². The summed E-state index contributed by atoms with van der Waals surface area (Å²) < 4.78 is 5.50. The predicted octanol–water partition coefficient (Wildman–Crippen LogP) is 2.15. The summed E-state index contributed by atoms with van der Waals surface area (Å²) in [6.45, 7) is 8.62. The van der Waals surface area contributed by atoms with Crippen molar-refractivity contribution in [3.63, 3.8) is 0 Å². The molecule has 0 N–H and O–H groups in total. The number of carbonyl (C=O) groups excluding carboxylic acids is 1. The largest absolute Gasteiger partial charge is 0.496 e. The summed E-state index contributed by atoms with van der Waals surface area (Å²) >= 11 is 0. The number of hydrogen-bond donors (Lipinski definition) is 0. The maximum absolute atomic E-state index is 12.2. The standard InChI is InChI=1S/C18H27N3O2/c1-13-11-19-16(14(2)17(13)23-3)12-20-7-4-8-21(10-9-20)18(22)15-5-6-15/h11,15H,4-10,12H2,1-3H3. The molecule has 2 aliphatic rings. The van der Waals surface area contributed by atoms with Crippen molar-refractivity contribution in [1.82, 2.24) is 14.8 Å². The lowest BCUT2D eigenvalue weighted by Crippen LogP contribution is -2.36. The lowest BCUT2D eigenvalue weighted by Gasteiger charge is -2.23. The van der Waals surface area contributed by atoms with E-state index in [1.807, 2.05) is 13.1 Å². The molecule has 2 heterocycles. The van der Waals surface area contributed by atoms with E-state index in [4.69, 9.17) is 4.74 Å². The van der Waals surface area contributed by atoms with E-state index >= 15 is 0 Å². The molecule has 1 aromatic rings. The highest BCUT2D eigenvalue weighted by Crippen LogP contribution is 2.31. The Kier molecular flexibility index (Phi) is 4.85. The molecular weight excluding hydrogens is 290 g/mol. The number of hydrogen-bond acceptors (Lipinski definition) is 4. The molecule has 23 heavy (non-hydrogen) atoms. The molecule has 3 rings (SSSR count). The van der Waals surface area contributed by atoms with Crippen LogP contribution in [-0.2, 0) is 11.3 Å². The van der Waals surface area contributed by atoms with E-state index in [1.54, 1.807) is 7.11 Å². The Bertz CT molecular complexity index is 584. The van der Waals surface area contributed by atoms with Crippen LogP contribution in [0.1, 0.15) is 36.1 Å². The topological polar surface area (TPSA) is 45.7 Å². The highest BCUT2D eigenvalue weighted by molar-refractivity contribution is 5.81. The molecule has 5 heteroatoms. The average Bonchev–Trinajstić information content (AvgIpc) is 3.37. The summed E-state index contributed by atoms with van der Waals surface area (Å²) in [5.41, 5.74) is 3.28. The Hall–Kier alpha value is -1.62. The van der Waals surface area contributed by atoms with Crippen molar-refractivity contribution in [2.75, 3.05) is 33.3 Å². The number of amides is 1. The number of carbonyl (C=O) groups is 1. The third-order valence-corrected chi connectivity index (χ3v) is 4.95. The Labute approximate surface area is 138 Å². The fourth-order valence-corrected chi connectivity index (χ4v) is 3.38. The van der Waals surface area contributed by atoms with Gasteiger partial charge in [-0.15, -0.1) is 0 Å². The Morgan fingerprint density at radius 1 is 1.26 bits per heavy atom. The maximum Gasteiger partial charge on any atom is 0.225 e. The molecule has 1 amide bonds. The van der Waals surface area contributed by atoms with Gasteiger partial charge >= 0.3 is 0 Å². The summed E-state index contributed by atoms with van der Waals surface area (Å²) in [6.07, 6.45) is 5.11. The van der Waals surface area contributed by atoms with Gasteiger partial charge in [-0.05, 0) is 33.1 Å². The molecule has 0 unspecified atom stereocenters. The summed E-state index contributed by atoms with van der Waals surface area (Å²) in [5, 5.41) is 0. The third-order valence-electron chi connectivity index (χ3n) is 4.95. The van der Waals surface area contributed by atoms with E-state index in [9.17, 15) is 4.79 Å². The van der Waals surface area contributed by atoms with Crippen LogP contribution in [0, 0.1) is 19.8 Å². The number of pyridine rings is 1. The van der Waals surface area contributed by atoms with Crippen LogP contribution in [0.2, 0.25) is 0 Å². The smallest absolute Gasteiger partial charge is 0.225 e. The van der Waals surface area contributed by atoms with Crippen molar-refractivity contribution in [3.8, 4) is 5.75 Å². The first-order chi connectivity index (χ1) is 11.1. The van der Waals surface area contributed by atoms with E-state index in [2.05, 4.69) is 21.7 Å². The van der Waals surface area contributed by atoms with Crippen LogP contribution >= 0.6 is 0 Å². The van der Waals surface area contributed by atoms with Crippen molar-refractivity contribution in [3.05, 3.63) is 23.0 Å². The molecule has 2 fully saturated rings. The zero-order valence-corrected chi connectivity index (χ0v) is 14.5. The number of ether oxygens (including phenoxy) is 1. The van der Waals surface area contributed by atoms with Crippen LogP contribution in [-0.4, -0.2) is 54.0 Å². The SMILES string of the molecule is COc1c(C)cnc(CN2CCCN(C(=O)C3CC3)CC2)c1C. The van der Waals surface area contributed by atoms with Crippen molar-refractivity contribution in [2.45, 2.75) is 39.7 Å². The highest BCUT2D eigenvalue weighted by atomic mass is 16.5. The van der Waals surface area contributed by atoms with Gasteiger partial charge in [0.05, 0.1) is 12.8 Å². The van der Waals surface area contributed by atoms with Crippen LogP contribution < -0.4 is 4.74 Å². The molecular formula is C18H27N3O2. The molecule has 1 saturated carbocycles. The number of methoxy groups -OCH3 is 1. The highest BCUT2D eigenvalue weighted by Gasteiger charge is 2.33. The van der Waals surface area contributed by atoms with E-state index in [-0.39, 0.29) is 0 Å². The molecule has 0 spiro atoms. The normalized spacial score (nSPS) is 19.5. The van der Waals surface area contributed by atoms with E-state index in [0.717, 1.165) is 74.6 Å². The minimum absolute atomic E-state index is 0.326. The zero-order valence-electron chi connectivity index (χ0n) is 14.5. The predicted molar refractivity (Wildman–Crippen MR) is 89.5 cm³/mol. The minimum atomic E-state index is 0.326. The van der Waals surface area contributed by atoms with Gasteiger partial charge in [-0.1, -0.05) is 0 Å². The third kappa shape index (κ3) is 3.66. The Balaban J connectivity index is 1.63. The quantitative estimate of drug-likeness (QED) is 0.854. The number of aromatic nitrogens is 1. The van der Waals surface area contributed by atoms with Crippen LogP contribution in [0.5, 0.6) is 5.75 Å². The number of rotatable bonds is 4. The first kappa shape index (κ1) is 16.2. The van der Waals surface area contributed by atoms with Crippen molar-refractivity contribution in [2.24, 2.45) is 5.92 Å². The van der Waals surface area contributed by atoms with Crippen LogP contribution in [0.4, 0.5) is 0 Å². The lowest BCUT2D eigenvalue weighted by molar-refractivity contribution is -0.132. The first-order valence-corrected chi connectivity index (χ1v) is 8.60. The van der Waals surface area contributed by atoms with Gasteiger partial charge in [0, 0.05) is 56.0 Å². The molecule has 1 aliphatic heterocycles. The van der Waals surface area contributed by atoms with Crippen LogP contribution in [0.3, 0.4) is 0 Å². The number of nitrogens with zero attached hydrogens (tertiary/aromatic N) is 3. The molecule has 0 radical (unpaired) electrons. The van der Waals surface area contributed by atoms with Gasteiger partial charge in [0.25, 0.3) is 0 Å². The first-order valence-electron chi connectivity index (χ1n) is 8.60. The van der Waals surface area contributed by atoms with Crippen molar-refractivity contribution >= 4 is 5.91 Å². The van der Waals surface area contributed by atoms with Gasteiger partial charge in [0.2, 0.25) is 5.91 Å². The summed E-state index contributed by atoms with van der Waals surface area (Å²) in [7, 11) is 1.71. The average molecular weight is 317 g/mol. The molecule has 0 aromatic carbocycles. The zero-order chi connectivity index (χ0) is 16.4. The van der Waals surface area contributed by atoms with Crippen LogP contribution in [0.15, 0.2) is 6.20 Å². The molecule has 126 valence electrons. The lowest BCUT2D eigenvalue weighted by atomic mass is 10.1. The van der Waals surface area contributed by atoms with E-state index < -0.39 is 0 Å². The molecule has 1 saturated heterocycles. The molecule has 1 aromatic heterocycles. The maximum atomic E-state index is 12.2. The summed E-state index contributed by atoms with van der Waals surface area (Å²) in [4.78, 5) is 21.3. The van der Waals surface area contributed by atoms with Crippen molar-refractivity contribution in [1.29, 1.82) is 0 Å². The monoisotopic (exact) mass is 317 g/mol. The summed E-state index contributed by atoms with van der Waals surface area (Å²) in [5.74, 6) is 1.64. The second kappa shape index (κ2) is 6.87. The van der Waals surface area contributed by atoms with Gasteiger partial charge in [0.15, 0.2) is 0 Å². The van der Waals surface area contributed by atoms with Gasteiger partial charge in [-0.25, -0.2) is 0 Å². The molecule has 0 atom stereocenters.